The highest BCUT2D eigenvalue weighted by Gasteiger charge is 2.15. The van der Waals surface area contributed by atoms with Gasteiger partial charge in [-0.25, -0.2) is 0 Å². The highest BCUT2D eigenvalue weighted by molar-refractivity contribution is 9.10. The Morgan fingerprint density at radius 3 is 2.95 bits per heavy atom. The van der Waals surface area contributed by atoms with Gasteiger partial charge in [-0.3, -0.25) is 4.21 Å². The summed E-state index contributed by atoms with van der Waals surface area (Å²) in [6.45, 7) is 2.85. The Balaban J connectivity index is 2.00. The van der Waals surface area contributed by atoms with Crippen LogP contribution < -0.4 is 14.8 Å². The summed E-state index contributed by atoms with van der Waals surface area (Å²) in [6, 6.07) is 4.03. The van der Waals surface area contributed by atoms with Gasteiger partial charge in [0.15, 0.2) is 11.5 Å². The third kappa shape index (κ3) is 4.47. The lowest BCUT2D eigenvalue weighted by molar-refractivity contribution is 0.296. The van der Waals surface area contributed by atoms with Gasteiger partial charge in [0.25, 0.3) is 0 Å². The van der Waals surface area contributed by atoms with Gasteiger partial charge in [-0.15, -0.1) is 0 Å². The first-order valence-corrected chi connectivity index (χ1v) is 8.77. The van der Waals surface area contributed by atoms with Crippen LogP contribution in [0.25, 0.3) is 0 Å². The monoisotopic (exact) mass is 347 g/mol. The lowest BCUT2D eigenvalue weighted by Crippen LogP contribution is -2.19. The SMILES string of the molecule is CS(=O)CCNCc1cc(Br)c2c(c1)OCCCO2. The number of rotatable bonds is 5. The minimum Gasteiger partial charge on any atom is -0.490 e. The normalized spacial score (nSPS) is 15.9. The molecule has 0 saturated heterocycles. The first-order chi connectivity index (χ1) is 9.16. The summed E-state index contributed by atoms with van der Waals surface area (Å²) in [5.41, 5.74) is 1.12. The van der Waals surface area contributed by atoms with Crippen LogP contribution in [0.2, 0.25) is 0 Å². The Hall–Kier alpha value is -0.590. The molecule has 1 atom stereocenters. The van der Waals surface area contributed by atoms with Crippen LogP contribution in [0.3, 0.4) is 0 Å². The maximum Gasteiger partial charge on any atom is 0.175 e. The number of fused-ring (bicyclic) bond motifs is 1. The molecule has 0 saturated carbocycles. The summed E-state index contributed by atoms with van der Waals surface area (Å²) >= 11 is 3.52. The van der Waals surface area contributed by atoms with E-state index in [-0.39, 0.29) is 0 Å². The molecular formula is C13H18BrNO3S. The Morgan fingerprint density at radius 2 is 2.16 bits per heavy atom. The summed E-state index contributed by atoms with van der Waals surface area (Å²) in [6.07, 6.45) is 2.61. The van der Waals surface area contributed by atoms with E-state index in [0.29, 0.717) is 19.0 Å². The summed E-state index contributed by atoms with van der Waals surface area (Å²) in [5.74, 6) is 2.25. The standard InChI is InChI=1S/C13H18BrNO3S/c1-19(16)6-3-15-9-10-7-11(14)13-12(8-10)17-4-2-5-18-13/h7-8,15H,2-6,9H2,1H3. The van der Waals surface area contributed by atoms with Gasteiger partial charge < -0.3 is 14.8 Å². The van der Waals surface area contributed by atoms with Gasteiger partial charge >= 0.3 is 0 Å². The quantitative estimate of drug-likeness (QED) is 0.828. The largest absolute Gasteiger partial charge is 0.490 e. The van der Waals surface area contributed by atoms with E-state index in [4.69, 9.17) is 9.47 Å². The average molecular weight is 348 g/mol. The molecule has 106 valence electrons. The zero-order valence-electron chi connectivity index (χ0n) is 10.9. The fraction of sp³-hybridized carbons (Fsp3) is 0.538. The second kappa shape index (κ2) is 7.26. The number of hydrogen-bond acceptors (Lipinski definition) is 4. The molecule has 0 amide bonds. The summed E-state index contributed by atoms with van der Waals surface area (Å²) < 4.78 is 23.2. The number of ether oxygens (including phenoxy) is 2. The third-order valence-electron chi connectivity index (χ3n) is 2.76. The van der Waals surface area contributed by atoms with E-state index in [0.717, 1.165) is 41.0 Å². The number of nitrogens with one attached hydrogen (secondary N) is 1. The fourth-order valence-electron chi connectivity index (χ4n) is 1.83. The molecule has 2 rings (SSSR count). The topological polar surface area (TPSA) is 47.6 Å². The van der Waals surface area contributed by atoms with Crippen molar-refractivity contribution >= 4 is 26.7 Å². The van der Waals surface area contributed by atoms with Gasteiger partial charge in [-0.2, -0.15) is 0 Å². The molecule has 1 aromatic rings. The summed E-state index contributed by atoms with van der Waals surface area (Å²) in [5, 5.41) is 3.27. The lowest BCUT2D eigenvalue weighted by atomic mass is 10.2. The van der Waals surface area contributed by atoms with Crippen LogP contribution >= 0.6 is 15.9 Å². The molecule has 1 aliphatic heterocycles. The van der Waals surface area contributed by atoms with Crippen LogP contribution in [0, 0.1) is 0 Å². The third-order valence-corrected chi connectivity index (χ3v) is 4.13. The summed E-state index contributed by atoms with van der Waals surface area (Å²) in [7, 11) is -0.749. The average Bonchev–Trinajstić information content (AvgIpc) is 2.60. The molecule has 1 heterocycles. The van der Waals surface area contributed by atoms with E-state index in [1.165, 1.54) is 0 Å². The van der Waals surface area contributed by atoms with Crippen molar-refractivity contribution in [3.8, 4) is 11.5 Å². The molecule has 1 aliphatic rings. The van der Waals surface area contributed by atoms with E-state index in [2.05, 4.69) is 21.2 Å². The molecule has 0 fully saturated rings. The van der Waals surface area contributed by atoms with Crippen molar-refractivity contribution < 1.29 is 13.7 Å². The van der Waals surface area contributed by atoms with E-state index in [1.807, 2.05) is 12.1 Å². The van der Waals surface area contributed by atoms with Crippen LogP contribution in [-0.2, 0) is 17.3 Å². The fourth-order valence-corrected chi connectivity index (χ4v) is 2.87. The van der Waals surface area contributed by atoms with Crippen LogP contribution in [-0.4, -0.2) is 36.0 Å². The van der Waals surface area contributed by atoms with E-state index in [1.54, 1.807) is 6.26 Å². The molecule has 19 heavy (non-hydrogen) atoms. The van der Waals surface area contributed by atoms with Crippen LogP contribution in [0.15, 0.2) is 16.6 Å². The van der Waals surface area contributed by atoms with E-state index < -0.39 is 10.8 Å². The molecule has 4 nitrogen and oxygen atoms in total. The number of benzene rings is 1. The molecule has 0 radical (unpaired) electrons. The first kappa shape index (κ1) is 14.8. The Bertz CT molecular complexity index is 467. The van der Waals surface area contributed by atoms with Gasteiger partial charge in [0.2, 0.25) is 0 Å². The molecule has 0 spiro atoms. The van der Waals surface area contributed by atoms with Gasteiger partial charge in [0.1, 0.15) is 0 Å². The molecule has 1 unspecified atom stereocenters. The lowest BCUT2D eigenvalue weighted by Gasteiger charge is -2.12. The van der Waals surface area contributed by atoms with Crippen LogP contribution in [0.1, 0.15) is 12.0 Å². The number of halogens is 1. The van der Waals surface area contributed by atoms with Gasteiger partial charge in [-0.1, -0.05) is 0 Å². The minimum atomic E-state index is -0.749. The Morgan fingerprint density at radius 1 is 1.37 bits per heavy atom. The van der Waals surface area contributed by atoms with Gasteiger partial charge in [0.05, 0.1) is 17.7 Å². The Labute approximate surface area is 124 Å². The van der Waals surface area contributed by atoms with Crippen molar-refractivity contribution in [2.75, 3.05) is 31.8 Å². The van der Waals surface area contributed by atoms with Crippen molar-refractivity contribution in [2.45, 2.75) is 13.0 Å². The van der Waals surface area contributed by atoms with Crippen molar-refractivity contribution in [2.24, 2.45) is 0 Å². The number of hydrogen-bond donors (Lipinski definition) is 1. The van der Waals surface area contributed by atoms with Crippen LogP contribution in [0.5, 0.6) is 11.5 Å². The second-order valence-electron chi connectivity index (χ2n) is 4.41. The van der Waals surface area contributed by atoms with Gasteiger partial charge in [0, 0.05) is 42.3 Å². The van der Waals surface area contributed by atoms with Gasteiger partial charge in [-0.05, 0) is 33.6 Å². The van der Waals surface area contributed by atoms with Crippen molar-refractivity contribution in [1.29, 1.82) is 0 Å². The Kier molecular flexibility index (Phi) is 5.66. The molecule has 0 bridgehead atoms. The summed E-state index contributed by atoms with van der Waals surface area (Å²) in [4.78, 5) is 0. The van der Waals surface area contributed by atoms with Crippen molar-refractivity contribution in [3.05, 3.63) is 22.2 Å². The molecule has 6 heteroatoms. The maximum absolute atomic E-state index is 11.0. The second-order valence-corrected chi connectivity index (χ2v) is 6.82. The molecular weight excluding hydrogens is 330 g/mol. The molecule has 0 aliphatic carbocycles. The van der Waals surface area contributed by atoms with E-state index in [9.17, 15) is 4.21 Å². The predicted octanol–water partition coefficient (Wildman–Crippen LogP) is 2.08. The smallest absolute Gasteiger partial charge is 0.175 e. The van der Waals surface area contributed by atoms with Crippen LogP contribution in [0.4, 0.5) is 0 Å². The van der Waals surface area contributed by atoms with Crippen molar-refractivity contribution in [3.63, 3.8) is 0 Å². The zero-order valence-corrected chi connectivity index (χ0v) is 13.3. The minimum absolute atomic E-state index is 0.672. The molecule has 1 aromatic carbocycles. The molecule has 1 N–H and O–H groups in total. The maximum atomic E-state index is 11.0. The zero-order chi connectivity index (χ0) is 13.7. The first-order valence-electron chi connectivity index (χ1n) is 6.25. The van der Waals surface area contributed by atoms with E-state index >= 15 is 0 Å². The highest BCUT2D eigenvalue weighted by Crippen LogP contribution is 2.38. The molecule has 0 aromatic heterocycles. The predicted molar refractivity (Wildman–Crippen MR) is 80.4 cm³/mol. The van der Waals surface area contributed by atoms with Crippen molar-refractivity contribution in [1.82, 2.24) is 5.32 Å². The highest BCUT2D eigenvalue weighted by atomic mass is 79.9.